The highest BCUT2D eigenvalue weighted by atomic mass is 32.1. The van der Waals surface area contributed by atoms with Gasteiger partial charge in [0.15, 0.2) is 0 Å². The summed E-state index contributed by atoms with van der Waals surface area (Å²) in [5.41, 5.74) is 5.57. The number of ether oxygens (including phenoxy) is 2. The molecule has 1 aromatic carbocycles. The Labute approximate surface area is 114 Å². The molecule has 0 aliphatic carbocycles. The normalized spacial score (nSPS) is 11.1. The van der Waals surface area contributed by atoms with Gasteiger partial charge in [0, 0.05) is 5.41 Å². The van der Waals surface area contributed by atoms with Gasteiger partial charge in [-0.15, -0.1) is 0 Å². The van der Waals surface area contributed by atoms with Crippen LogP contribution in [0.25, 0.3) is 0 Å². The van der Waals surface area contributed by atoms with Crippen molar-refractivity contribution >= 4 is 17.2 Å². The van der Waals surface area contributed by atoms with Gasteiger partial charge < -0.3 is 15.2 Å². The maximum atomic E-state index is 5.67. The summed E-state index contributed by atoms with van der Waals surface area (Å²) in [7, 11) is 1.65. The Morgan fingerprint density at radius 3 is 2.28 bits per heavy atom. The SMILES string of the molecule is COc1ccc(OCCCC(C)(C)C(N)=S)cc1. The van der Waals surface area contributed by atoms with Gasteiger partial charge in [-0.2, -0.15) is 0 Å². The van der Waals surface area contributed by atoms with Gasteiger partial charge in [0.2, 0.25) is 0 Å². The van der Waals surface area contributed by atoms with Crippen LogP contribution in [-0.2, 0) is 0 Å². The molecule has 0 spiro atoms. The lowest BCUT2D eigenvalue weighted by Gasteiger charge is -2.22. The molecule has 0 amide bonds. The van der Waals surface area contributed by atoms with Gasteiger partial charge in [0.1, 0.15) is 11.5 Å². The summed E-state index contributed by atoms with van der Waals surface area (Å²) in [5.74, 6) is 1.68. The maximum Gasteiger partial charge on any atom is 0.119 e. The minimum atomic E-state index is -0.0986. The van der Waals surface area contributed by atoms with Crippen molar-refractivity contribution in [3.05, 3.63) is 24.3 Å². The van der Waals surface area contributed by atoms with Crippen molar-refractivity contribution in [3.63, 3.8) is 0 Å². The van der Waals surface area contributed by atoms with E-state index in [9.17, 15) is 0 Å². The first-order valence-electron chi connectivity index (χ1n) is 6.02. The summed E-state index contributed by atoms with van der Waals surface area (Å²) in [6.07, 6.45) is 1.86. The average molecular weight is 267 g/mol. The standard InChI is InChI=1S/C14H21NO2S/c1-14(2,13(15)18)9-4-10-17-12-7-5-11(16-3)6-8-12/h5-8H,4,9-10H2,1-3H3,(H2,15,18). The van der Waals surface area contributed by atoms with Gasteiger partial charge in [-0.25, -0.2) is 0 Å². The second kappa shape index (κ2) is 6.59. The summed E-state index contributed by atoms with van der Waals surface area (Å²) in [5, 5.41) is 0. The molecule has 0 fully saturated rings. The summed E-state index contributed by atoms with van der Waals surface area (Å²) in [6.45, 7) is 4.78. The number of rotatable bonds is 7. The molecule has 1 aromatic rings. The Morgan fingerprint density at radius 1 is 1.22 bits per heavy atom. The zero-order chi connectivity index (χ0) is 13.6. The molecule has 2 N–H and O–H groups in total. The highest BCUT2D eigenvalue weighted by molar-refractivity contribution is 7.80. The van der Waals surface area contributed by atoms with Gasteiger partial charge in [-0.05, 0) is 37.1 Å². The lowest BCUT2D eigenvalue weighted by Crippen LogP contribution is -2.30. The zero-order valence-corrected chi connectivity index (χ0v) is 12.0. The molecular weight excluding hydrogens is 246 g/mol. The first-order chi connectivity index (χ1) is 8.45. The van der Waals surface area contributed by atoms with Crippen LogP contribution in [0.1, 0.15) is 26.7 Å². The quantitative estimate of drug-likeness (QED) is 0.609. The van der Waals surface area contributed by atoms with Gasteiger partial charge >= 0.3 is 0 Å². The monoisotopic (exact) mass is 267 g/mol. The number of methoxy groups -OCH3 is 1. The molecule has 0 heterocycles. The average Bonchev–Trinajstić information content (AvgIpc) is 2.35. The largest absolute Gasteiger partial charge is 0.497 e. The zero-order valence-electron chi connectivity index (χ0n) is 11.2. The van der Waals surface area contributed by atoms with Gasteiger partial charge in [-0.3, -0.25) is 0 Å². The summed E-state index contributed by atoms with van der Waals surface area (Å²) in [6, 6.07) is 7.57. The third-order valence-electron chi connectivity index (χ3n) is 2.94. The van der Waals surface area contributed by atoms with E-state index in [-0.39, 0.29) is 5.41 Å². The van der Waals surface area contributed by atoms with Crippen molar-refractivity contribution in [2.24, 2.45) is 11.1 Å². The second-order valence-corrected chi connectivity index (χ2v) is 5.32. The molecule has 1 rings (SSSR count). The second-order valence-electron chi connectivity index (χ2n) is 4.88. The fourth-order valence-electron chi connectivity index (χ4n) is 1.50. The summed E-state index contributed by atoms with van der Waals surface area (Å²) < 4.78 is 10.7. The fourth-order valence-corrected chi connectivity index (χ4v) is 1.60. The Kier molecular flexibility index (Phi) is 5.41. The Morgan fingerprint density at radius 2 is 1.78 bits per heavy atom. The molecule has 0 unspecified atom stereocenters. The van der Waals surface area contributed by atoms with Crippen molar-refractivity contribution < 1.29 is 9.47 Å². The molecule has 0 aliphatic heterocycles. The van der Waals surface area contributed by atoms with Gasteiger partial charge in [0.25, 0.3) is 0 Å². The number of thiocarbonyl (C=S) groups is 1. The van der Waals surface area contributed by atoms with E-state index in [4.69, 9.17) is 27.4 Å². The molecule has 3 nitrogen and oxygen atoms in total. The fraction of sp³-hybridized carbons (Fsp3) is 0.500. The predicted molar refractivity (Wildman–Crippen MR) is 78.3 cm³/mol. The lowest BCUT2D eigenvalue weighted by molar-refractivity contribution is 0.287. The third kappa shape index (κ3) is 4.53. The molecule has 0 saturated heterocycles. The van der Waals surface area contributed by atoms with Crippen LogP contribution in [-0.4, -0.2) is 18.7 Å². The topological polar surface area (TPSA) is 44.5 Å². The van der Waals surface area contributed by atoms with Crippen molar-refractivity contribution in [1.82, 2.24) is 0 Å². The van der Waals surface area contributed by atoms with Crippen molar-refractivity contribution in [2.75, 3.05) is 13.7 Å². The summed E-state index contributed by atoms with van der Waals surface area (Å²) in [4.78, 5) is 0.562. The van der Waals surface area contributed by atoms with Gasteiger partial charge in [-0.1, -0.05) is 26.1 Å². The highest BCUT2D eigenvalue weighted by Crippen LogP contribution is 2.23. The van der Waals surface area contributed by atoms with E-state index >= 15 is 0 Å². The Bertz CT molecular complexity index is 387. The number of hydrogen-bond acceptors (Lipinski definition) is 3. The Hall–Kier alpha value is -1.29. The molecule has 0 atom stereocenters. The van der Waals surface area contributed by atoms with E-state index in [0.717, 1.165) is 24.3 Å². The van der Waals surface area contributed by atoms with Crippen LogP contribution in [0.4, 0.5) is 0 Å². The number of benzene rings is 1. The number of nitrogens with two attached hydrogens (primary N) is 1. The van der Waals surface area contributed by atoms with Crippen LogP contribution >= 0.6 is 12.2 Å². The van der Waals surface area contributed by atoms with Crippen molar-refractivity contribution in [3.8, 4) is 11.5 Å². The maximum absolute atomic E-state index is 5.67. The molecule has 0 aliphatic rings. The van der Waals surface area contributed by atoms with Crippen molar-refractivity contribution in [2.45, 2.75) is 26.7 Å². The van der Waals surface area contributed by atoms with E-state index in [1.807, 2.05) is 24.3 Å². The number of hydrogen-bond donors (Lipinski definition) is 1. The molecular formula is C14H21NO2S. The smallest absolute Gasteiger partial charge is 0.119 e. The van der Waals surface area contributed by atoms with E-state index in [1.54, 1.807) is 7.11 Å². The molecule has 100 valence electrons. The molecule has 18 heavy (non-hydrogen) atoms. The van der Waals surface area contributed by atoms with E-state index < -0.39 is 0 Å². The van der Waals surface area contributed by atoms with Crippen LogP contribution < -0.4 is 15.2 Å². The lowest BCUT2D eigenvalue weighted by atomic mass is 9.88. The Balaban J connectivity index is 2.31. The highest BCUT2D eigenvalue weighted by Gasteiger charge is 2.20. The van der Waals surface area contributed by atoms with Crippen LogP contribution in [0.15, 0.2) is 24.3 Å². The van der Waals surface area contributed by atoms with Crippen LogP contribution in [0.5, 0.6) is 11.5 Å². The van der Waals surface area contributed by atoms with Crippen LogP contribution in [0.2, 0.25) is 0 Å². The first-order valence-corrected chi connectivity index (χ1v) is 6.43. The van der Waals surface area contributed by atoms with Crippen molar-refractivity contribution in [1.29, 1.82) is 0 Å². The van der Waals surface area contributed by atoms with E-state index in [2.05, 4.69) is 13.8 Å². The molecule has 0 radical (unpaired) electrons. The minimum Gasteiger partial charge on any atom is -0.497 e. The predicted octanol–water partition coefficient (Wildman–Crippen LogP) is 3.17. The molecule has 0 saturated carbocycles. The van der Waals surface area contributed by atoms with Gasteiger partial charge in [0.05, 0.1) is 18.7 Å². The van der Waals surface area contributed by atoms with E-state index in [1.165, 1.54) is 0 Å². The third-order valence-corrected chi connectivity index (χ3v) is 3.49. The van der Waals surface area contributed by atoms with Crippen LogP contribution in [0, 0.1) is 5.41 Å². The molecule has 4 heteroatoms. The molecule has 0 bridgehead atoms. The molecule has 0 aromatic heterocycles. The summed E-state index contributed by atoms with van der Waals surface area (Å²) >= 11 is 5.03. The van der Waals surface area contributed by atoms with E-state index in [0.29, 0.717) is 11.6 Å². The first kappa shape index (κ1) is 14.8. The minimum absolute atomic E-state index is 0.0986. The van der Waals surface area contributed by atoms with Crippen LogP contribution in [0.3, 0.4) is 0 Å².